The zero-order valence-electron chi connectivity index (χ0n) is 13.3. The van der Waals surface area contributed by atoms with Gasteiger partial charge in [0.25, 0.3) is 5.91 Å². The van der Waals surface area contributed by atoms with Gasteiger partial charge in [0, 0.05) is 6.04 Å². The molecule has 1 heterocycles. The molecule has 1 fully saturated rings. The van der Waals surface area contributed by atoms with E-state index in [1.54, 1.807) is 0 Å². The topological polar surface area (TPSA) is 73.7 Å². The number of hydrogen-bond acceptors (Lipinski definition) is 5. The lowest BCUT2D eigenvalue weighted by Gasteiger charge is -2.30. The summed E-state index contributed by atoms with van der Waals surface area (Å²) < 4.78 is 0.905. The second-order valence-electron chi connectivity index (χ2n) is 6.02. The maximum absolute atomic E-state index is 12.6. The Labute approximate surface area is 144 Å². The molecule has 5 nitrogen and oxygen atoms in total. The van der Waals surface area contributed by atoms with Crippen LogP contribution in [0.2, 0.25) is 0 Å². The molecule has 2 atom stereocenters. The summed E-state index contributed by atoms with van der Waals surface area (Å²) in [4.78, 5) is 18.5. The van der Waals surface area contributed by atoms with Crippen molar-refractivity contribution in [1.82, 2.24) is 9.88 Å². The van der Waals surface area contributed by atoms with Gasteiger partial charge >= 0.3 is 0 Å². The van der Waals surface area contributed by atoms with E-state index in [0.717, 1.165) is 35.9 Å². The summed E-state index contributed by atoms with van der Waals surface area (Å²) in [7, 11) is 0. The van der Waals surface area contributed by atoms with E-state index in [2.05, 4.69) is 10.9 Å². The van der Waals surface area contributed by atoms with Crippen LogP contribution in [0.5, 0.6) is 0 Å². The van der Waals surface area contributed by atoms with E-state index in [4.69, 9.17) is 6.42 Å². The zero-order chi connectivity index (χ0) is 17.1. The Bertz CT molecular complexity index is 728. The number of terminal acetylenes is 1. The van der Waals surface area contributed by atoms with Crippen LogP contribution in [-0.2, 0) is 4.79 Å². The van der Waals surface area contributed by atoms with Crippen LogP contribution >= 0.6 is 11.3 Å². The van der Waals surface area contributed by atoms with Crippen LogP contribution in [0.15, 0.2) is 24.3 Å². The molecule has 0 spiro atoms. The fourth-order valence-corrected chi connectivity index (χ4v) is 4.14. The molecule has 2 N–H and O–H groups in total. The Balaban J connectivity index is 1.78. The highest BCUT2D eigenvalue weighted by atomic mass is 32.1. The highest BCUT2D eigenvalue weighted by Crippen LogP contribution is 2.30. The van der Waals surface area contributed by atoms with E-state index >= 15 is 0 Å². The van der Waals surface area contributed by atoms with Crippen LogP contribution < -0.4 is 0 Å². The van der Waals surface area contributed by atoms with Gasteiger partial charge in [-0.25, -0.2) is 4.98 Å². The summed E-state index contributed by atoms with van der Waals surface area (Å²) in [5, 5.41) is 21.1. The summed E-state index contributed by atoms with van der Waals surface area (Å²) in [6.07, 6.45) is 6.34. The van der Waals surface area contributed by atoms with Crippen LogP contribution in [0.3, 0.4) is 0 Å². The standard InChI is InChI=1S/C18H20N2O3S/c1-2-11-20(12-7-3-4-8-12)18(23)16(22)15(21)17-19-13-9-5-6-10-14(13)24-17/h1,5-6,9-10,12,15-16,21-22H,3-4,7-8,11H2. The molecule has 24 heavy (non-hydrogen) atoms. The molecule has 1 aromatic heterocycles. The molecule has 0 radical (unpaired) electrons. The number of rotatable bonds is 5. The Morgan fingerprint density at radius 2 is 2.08 bits per heavy atom. The minimum atomic E-state index is -1.56. The van der Waals surface area contributed by atoms with Gasteiger partial charge in [0.2, 0.25) is 0 Å². The first-order valence-corrected chi connectivity index (χ1v) is 8.89. The minimum absolute atomic E-state index is 0.0470. The molecule has 3 rings (SSSR count). The molecule has 126 valence electrons. The Morgan fingerprint density at radius 1 is 1.38 bits per heavy atom. The van der Waals surface area contributed by atoms with Crippen molar-refractivity contribution in [3.05, 3.63) is 29.3 Å². The second-order valence-corrected chi connectivity index (χ2v) is 7.08. The van der Waals surface area contributed by atoms with Crippen LogP contribution in [-0.4, -0.2) is 44.7 Å². The van der Waals surface area contributed by atoms with E-state index < -0.39 is 18.1 Å². The molecule has 0 bridgehead atoms. The predicted molar refractivity (Wildman–Crippen MR) is 93.4 cm³/mol. The number of fused-ring (bicyclic) bond motifs is 1. The predicted octanol–water partition coefficient (Wildman–Crippen LogP) is 2.09. The number of benzene rings is 1. The van der Waals surface area contributed by atoms with Gasteiger partial charge in [-0.15, -0.1) is 17.8 Å². The van der Waals surface area contributed by atoms with Gasteiger partial charge in [0.05, 0.1) is 16.8 Å². The van der Waals surface area contributed by atoms with Gasteiger partial charge < -0.3 is 15.1 Å². The average molecular weight is 344 g/mol. The summed E-state index contributed by atoms with van der Waals surface area (Å²) in [5.74, 6) is 1.96. The highest BCUT2D eigenvalue weighted by Gasteiger charge is 2.35. The second kappa shape index (κ2) is 7.31. The number of aliphatic hydroxyl groups excluding tert-OH is 2. The lowest BCUT2D eigenvalue weighted by atomic mass is 10.1. The van der Waals surface area contributed by atoms with E-state index in [1.807, 2.05) is 24.3 Å². The van der Waals surface area contributed by atoms with Gasteiger partial charge in [-0.2, -0.15) is 0 Å². The molecule has 6 heteroatoms. The van der Waals surface area contributed by atoms with Gasteiger partial charge in [0.15, 0.2) is 6.10 Å². The number of carbonyl (C=O) groups excluding carboxylic acids is 1. The molecule has 0 aliphatic heterocycles. The Hall–Kier alpha value is -1.94. The molecule has 1 aromatic carbocycles. The Kier molecular flexibility index (Phi) is 5.14. The third-order valence-corrected chi connectivity index (χ3v) is 5.53. The Morgan fingerprint density at radius 3 is 2.75 bits per heavy atom. The highest BCUT2D eigenvalue weighted by molar-refractivity contribution is 7.18. The number of carbonyl (C=O) groups is 1. The number of thiazole rings is 1. The van der Waals surface area contributed by atoms with Crippen molar-refractivity contribution in [2.45, 2.75) is 43.9 Å². The molecule has 1 amide bonds. The summed E-state index contributed by atoms with van der Waals surface area (Å²) >= 11 is 1.28. The van der Waals surface area contributed by atoms with Crippen molar-refractivity contribution in [3.8, 4) is 12.3 Å². The smallest absolute Gasteiger partial charge is 0.255 e. The van der Waals surface area contributed by atoms with Crippen molar-refractivity contribution >= 4 is 27.5 Å². The van der Waals surface area contributed by atoms with Crippen molar-refractivity contribution in [2.75, 3.05) is 6.54 Å². The minimum Gasteiger partial charge on any atom is -0.383 e. The van der Waals surface area contributed by atoms with Gasteiger partial charge in [-0.3, -0.25) is 4.79 Å². The molecule has 2 aromatic rings. The first-order valence-electron chi connectivity index (χ1n) is 8.07. The van der Waals surface area contributed by atoms with Crippen molar-refractivity contribution < 1.29 is 15.0 Å². The van der Waals surface area contributed by atoms with Crippen LogP contribution in [0.1, 0.15) is 36.8 Å². The maximum Gasteiger partial charge on any atom is 0.255 e. The number of amides is 1. The van der Waals surface area contributed by atoms with Gasteiger partial charge in [0.1, 0.15) is 11.1 Å². The van der Waals surface area contributed by atoms with E-state index in [1.165, 1.54) is 16.2 Å². The number of aromatic nitrogens is 1. The molecule has 1 aliphatic rings. The van der Waals surface area contributed by atoms with Crippen molar-refractivity contribution in [1.29, 1.82) is 0 Å². The van der Waals surface area contributed by atoms with Gasteiger partial charge in [-0.1, -0.05) is 30.9 Å². The molecular formula is C18H20N2O3S. The lowest BCUT2D eigenvalue weighted by Crippen LogP contribution is -2.46. The average Bonchev–Trinajstić information content (AvgIpc) is 3.26. The van der Waals surface area contributed by atoms with E-state index in [-0.39, 0.29) is 12.6 Å². The summed E-state index contributed by atoms with van der Waals surface area (Å²) in [6.45, 7) is 0.146. The molecular weight excluding hydrogens is 324 g/mol. The number of hydrogen-bond donors (Lipinski definition) is 2. The zero-order valence-corrected chi connectivity index (χ0v) is 14.1. The number of aliphatic hydroxyl groups is 2. The van der Waals surface area contributed by atoms with Gasteiger partial charge in [-0.05, 0) is 25.0 Å². The summed E-state index contributed by atoms with van der Waals surface area (Å²) in [6, 6.07) is 7.51. The lowest BCUT2D eigenvalue weighted by molar-refractivity contribution is -0.148. The van der Waals surface area contributed by atoms with Crippen LogP contribution in [0, 0.1) is 12.3 Å². The number of nitrogens with zero attached hydrogens (tertiary/aromatic N) is 2. The normalized spacial score (nSPS) is 17.5. The van der Waals surface area contributed by atoms with Crippen molar-refractivity contribution in [2.24, 2.45) is 0 Å². The molecule has 0 saturated heterocycles. The van der Waals surface area contributed by atoms with E-state index in [9.17, 15) is 15.0 Å². The van der Waals surface area contributed by atoms with Crippen LogP contribution in [0.25, 0.3) is 10.2 Å². The monoisotopic (exact) mass is 344 g/mol. The van der Waals surface area contributed by atoms with Crippen LogP contribution in [0.4, 0.5) is 0 Å². The quantitative estimate of drug-likeness (QED) is 0.815. The van der Waals surface area contributed by atoms with Crippen molar-refractivity contribution in [3.63, 3.8) is 0 Å². The largest absolute Gasteiger partial charge is 0.383 e. The number of para-hydroxylation sites is 1. The first kappa shape index (κ1) is 16.9. The fraction of sp³-hybridized carbons (Fsp3) is 0.444. The summed E-state index contributed by atoms with van der Waals surface area (Å²) in [5.41, 5.74) is 0.743. The molecule has 2 unspecified atom stereocenters. The maximum atomic E-state index is 12.6. The molecule has 1 aliphatic carbocycles. The van der Waals surface area contributed by atoms with E-state index in [0.29, 0.717) is 5.01 Å². The first-order chi connectivity index (χ1) is 11.6. The SMILES string of the molecule is C#CCN(C(=O)C(O)C(O)c1nc2ccccc2s1)C1CCCC1. The molecule has 1 saturated carbocycles. The fourth-order valence-electron chi connectivity index (χ4n) is 3.16. The third kappa shape index (κ3) is 3.29. The third-order valence-electron chi connectivity index (χ3n) is 4.43.